The monoisotopic (exact) mass is 299 g/mol. The molecule has 0 saturated carbocycles. The van der Waals surface area contributed by atoms with Crippen LogP contribution in [0, 0.1) is 6.92 Å². The van der Waals surface area contributed by atoms with Crippen LogP contribution >= 0.6 is 27.3 Å². The minimum atomic E-state index is 0.848. The van der Waals surface area contributed by atoms with Gasteiger partial charge in [0.2, 0.25) is 0 Å². The van der Waals surface area contributed by atoms with Gasteiger partial charge in [-0.1, -0.05) is 0 Å². The Labute approximate surface area is 108 Å². The van der Waals surface area contributed by atoms with Crippen LogP contribution in [0.25, 0.3) is 0 Å². The second-order valence-corrected chi connectivity index (χ2v) is 5.61. The van der Waals surface area contributed by atoms with E-state index < -0.39 is 0 Å². The summed E-state index contributed by atoms with van der Waals surface area (Å²) in [6.07, 6.45) is 2.11. The van der Waals surface area contributed by atoms with Crippen LogP contribution < -0.4 is 5.32 Å². The highest BCUT2D eigenvalue weighted by atomic mass is 79.9. The Balaban J connectivity index is 2.13. The maximum absolute atomic E-state index is 4.50. The zero-order valence-electron chi connectivity index (χ0n) is 9.33. The molecule has 0 aliphatic heterocycles. The van der Waals surface area contributed by atoms with Crippen molar-refractivity contribution >= 4 is 27.3 Å². The smallest absolute Gasteiger partial charge is 0.0752 e. The first-order valence-corrected chi connectivity index (χ1v) is 6.76. The van der Waals surface area contributed by atoms with Gasteiger partial charge < -0.3 is 5.32 Å². The predicted molar refractivity (Wildman–Crippen MR) is 70.8 cm³/mol. The third-order valence-corrected chi connectivity index (χ3v) is 4.04. The normalized spacial score (nSPS) is 10.9. The van der Waals surface area contributed by atoms with Gasteiger partial charge in [-0.3, -0.25) is 4.68 Å². The number of nitrogens with one attached hydrogen (secondary N) is 1. The van der Waals surface area contributed by atoms with E-state index in [0.29, 0.717) is 0 Å². The Morgan fingerprint density at radius 3 is 3.00 bits per heavy atom. The Hall–Kier alpha value is -0.650. The Kier molecular flexibility index (Phi) is 3.78. The predicted octanol–water partition coefficient (Wildman–Crippen LogP) is 2.78. The van der Waals surface area contributed by atoms with Crippen LogP contribution in [-0.2, 0) is 13.1 Å². The van der Waals surface area contributed by atoms with Crippen molar-refractivity contribution in [3.05, 3.63) is 38.3 Å². The number of rotatable bonds is 4. The molecular weight excluding hydrogens is 286 g/mol. The summed E-state index contributed by atoms with van der Waals surface area (Å²) in [6.45, 7) is 3.77. The number of halogens is 1. The van der Waals surface area contributed by atoms with Crippen LogP contribution in [0.15, 0.2) is 22.1 Å². The van der Waals surface area contributed by atoms with Crippen molar-refractivity contribution in [2.24, 2.45) is 0 Å². The number of aromatic nitrogens is 2. The molecule has 86 valence electrons. The lowest BCUT2D eigenvalue weighted by Gasteiger charge is -1.97. The average molecular weight is 300 g/mol. The van der Waals surface area contributed by atoms with Gasteiger partial charge in [0.25, 0.3) is 0 Å². The number of aryl methyl sites for hydroxylation is 1. The van der Waals surface area contributed by atoms with Gasteiger partial charge in [-0.15, -0.1) is 11.3 Å². The fourth-order valence-corrected chi connectivity index (χ4v) is 3.04. The highest BCUT2D eigenvalue weighted by molar-refractivity contribution is 9.10. The van der Waals surface area contributed by atoms with Crippen LogP contribution in [0.1, 0.15) is 16.1 Å². The van der Waals surface area contributed by atoms with Crippen molar-refractivity contribution in [3.63, 3.8) is 0 Å². The van der Waals surface area contributed by atoms with Crippen LogP contribution in [0.4, 0.5) is 0 Å². The summed E-state index contributed by atoms with van der Waals surface area (Å²) in [5.41, 5.74) is 2.36. The van der Waals surface area contributed by atoms with E-state index >= 15 is 0 Å². The molecule has 2 aromatic rings. The Morgan fingerprint density at radius 2 is 2.38 bits per heavy atom. The molecule has 1 N–H and O–H groups in total. The van der Waals surface area contributed by atoms with Gasteiger partial charge in [-0.2, -0.15) is 5.10 Å². The number of nitrogens with zero attached hydrogens (tertiary/aromatic N) is 2. The molecular formula is C11H14BrN3S. The van der Waals surface area contributed by atoms with Crippen molar-refractivity contribution in [1.82, 2.24) is 15.1 Å². The molecule has 2 aromatic heterocycles. The first kappa shape index (κ1) is 11.8. The minimum Gasteiger partial charge on any atom is -0.316 e. The Morgan fingerprint density at radius 1 is 1.56 bits per heavy atom. The molecule has 0 bridgehead atoms. The topological polar surface area (TPSA) is 29.9 Å². The first-order valence-electron chi connectivity index (χ1n) is 5.09. The highest BCUT2D eigenvalue weighted by Gasteiger charge is 2.05. The third kappa shape index (κ3) is 2.72. The number of hydrogen-bond donors (Lipinski definition) is 1. The first-order chi connectivity index (χ1) is 7.69. The van der Waals surface area contributed by atoms with E-state index in [2.05, 4.69) is 44.0 Å². The van der Waals surface area contributed by atoms with Crippen molar-refractivity contribution in [1.29, 1.82) is 0 Å². The van der Waals surface area contributed by atoms with Gasteiger partial charge in [0, 0.05) is 33.0 Å². The van der Waals surface area contributed by atoms with Crippen molar-refractivity contribution < 1.29 is 0 Å². The lowest BCUT2D eigenvalue weighted by atomic mass is 10.3. The lowest BCUT2D eigenvalue weighted by molar-refractivity contribution is 0.686. The summed E-state index contributed by atoms with van der Waals surface area (Å²) in [4.78, 5) is 1.31. The van der Waals surface area contributed by atoms with E-state index in [0.717, 1.165) is 23.3 Å². The highest BCUT2D eigenvalue weighted by Crippen LogP contribution is 2.20. The fourth-order valence-electron chi connectivity index (χ4n) is 1.60. The van der Waals surface area contributed by atoms with E-state index in [1.807, 2.05) is 18.7 Å². The van der Waals surface area contributed by atoms with Gasteiger partial charge in [-0.25, -0.2) is 0 Å². The van der Waals surface area contributed by atoms with E-state index in [9.17, 15) is 0 Å². The number of hydrogen-bond acceptors (Lipinski definition) is 3. The molecule has 0 aromatic carbocycles. The summed E-state index contributed by atoms with van der Waals surface area (Å²) in [6, 6.07) is 2.14. The van der Waals surface area contributed by atoms with Crippen LogP contribution in [0.2, 0.25) is 0 Å². The summed E-state index contributed by atoms with van der Waals surface area (Å²) < 4.78 is 3.15. The summed E-state index contributed by atoms with van der Waals surface area (Å²) in [5, 5.41) is 9.75. The third-order valence-electron chi connectivity index (χ3n) is 2.35. The maximum atomic E-state index is 4.50. The maximum Gasteiger partial charge on any atom is 0.0752 e. The van der Waals surface area contributed by atoms with Crippen molar-refractivity contribution in [3.8, 4) is 0 Å². The van der Waals surface area contributed by atoms with Crippen molar-refractivity contribution in [2.75, 3.05) is 7.05 Å². The standard InChI is InChI=1S/C11H14BrN3S/c1-8-9(4-13-2)5-15(14-8)6-11-3-10(12)7-16-11/h3,5,7,13H,4,6H2,1-2H3. The van der Waals surface area contributed by atoms with Crippen molar-refractivity contribution in [2.45, 2.75) is 20.0 Å². The Bertz CT molecular complexity index is 475. The van der Waals surface area contributed by atoms with Crippen LogP contribution in [0.5, 0.6) is 0 Å². The lowest BCUT2D eigenvalue weighted by Crippen LogP contribution is -2.05. The van der Waals surface area contributed by atoms with Crippen LogP contribution in [-0.4, -0.2) is 16.8 Å². The average Bonchev–Trinajstić information content (AvgIpc) is 2.76. The second-order valence-electron chi connectivity index (χ2n) is 3.70. The molecule has 0 unspecified atom stereocenters. The molecule has 3 nitrogen and oxygen atoms in total. The van der Waals surface area contributed by atoms with Gasteiger partial charge in [-0.05, 0) is 36.0 Å². The van der Waals surface area contributed by atoms with Gasteiger partial charge >= 0.3 is 0 Å². The molecule has 5 heteroatoms. The summed E-state index contributed by atoms with van der Waals surface area (Å²) >= 11 is 5.21. The molecule has 0 saturated heterocycles. The van der Waals surface area contributed by atoms with Crippen LogP contribution in [0.3, 0.4) is 0 Å². The largest absolute Gasteiger partial charge is 0.316 e. The molecule has 0 fully saturated rings. The number of thiophene rings is 1. The zero-order chi connectivity index (χ0) is 11.5. The van der Waals surface area contributed by atoms with E-state index in [4.69, 9.17) is 0 Å². The molecule has 0 atom stereocenters. The summed E-state index contributed by atoms with van der Waals surface area (Å²) in [7, 11) is 1.95. The van der Waals surface area contributed by atoms with E-state index in [-0.39, 0.29) is 0 Å². The molecule has 0 spiro atoms. The molecule has 0 aliphatic carbocycles. The summed E-state index contributed by atoms with van der Waals surface area (Å²) in [5.74, 6) is 0. The van der Waals surface area contributed by atoms with E-state index in [1.165, 1.54) is 10.4 Å². The molecule has 16 heavy (non-hydrogen) atoms. The van der Waals surface area contributed by atoms with E-state index in [1.54, 1.807) is 11.3 Å². The van der Waals surface area contributed by atoms with Gasteiger partial charge in [0.15, 0.2) is 0 Å². The quantitative estimate of drug-likeness (QED) is 0.941. The SMILES string of the molecule is CNCc1cn(Cc2cc(Br)cs2)nc1C. The second kappa shape index (κ2) is 5.12. The molecule has 0 radical (unpaired) electrons. The molecule has 0 aliphatic rings. The minimum absolute atomic E-state index is 0.848. The molecule has 2 heterocycles. The fraction of sp³-hybridized carbons (Fsp3) is 0.364. The molecule has 0 amide bonds. The van der Waals surface area contributed by atoms with Gasteiger partial charge in [0.05, 0.1) is 12.2 Å². The van der Waals surface area contributed by atoms with Gasteiger partial charge in [0.1, 0.15) is 0 Å². The molecule has 2 rings (SSSR count). The zero-order valence-corrected chi connectivity index (χ0v) is 11.7.